The molecule has 2 unspecified atom stereocenters. The van der Waals surface area contributed by atoms with Crippen molar-refractivity contribution in [2.45, 2.75) is 62.8 Å². The summed E-state index contributed by atoms with van der Waals surface area (Å²) < 4.78 is 6.93. The highest BCUT2D eigenvalue weighted by molar-refractivity contribution is 6.06. The molecule has 0 radical (unpaired) electrons. The molecule has 8 nitrogen and oxygen atoms in total. The van der Waals surface area contributed by atoms with Crippen LogP contribution in [0.2, 0.25) is 0 Å². The topological polar surface area (TPSA) is 90.4 Å². The Labute approximate surface area is 277 Å². The summed E-state index contributed by atoms with van der Waals surface area (Å²) in [6.07, 6.45) is 6.43. The second kappa shape index (κ2) is 13.5. The molecular formula is C39H45N3O5. The maximum atomic E-state index is 15.0. The largest absolute Gasteiger partial charge is 0.396 e. The number of hydrogen-bond donors (Lipinski definition) is 1. The van der Waals surface area contributed by atoms with Crippen molar-refractivity contribution in [3.05, 3.63) is 104 Å². The van der Waals surface area contributed by atoms with E-state index in [2.05, 4.69) is 13.2 Å². The Bertz CT molecular complexity index is 1660. The van der Waals surface area contributed by atoms with Crippen LogP contribution in [-0.2, 0) is 25.7 Å². The lowest BCUT2D eigenvalue weighted by Gasteiger charge is -2.37. The van der Waals surface area contributed by atoms with Crippen molar-refractivity contribution in [1.29, 1.82) is 0 Å². The van der Waals surface area contributed by atoms with E-state index in [1.165, 1.54) is 0 Å². The average molecular weight is 636 g/mol. The third-order valence-corrected chi connectivity index (χ3v) is 10.3. The minimum absolute atomic E-state index is 0.0660. The van der Waals surface area contributed by atoms with E-state index in [-0.39, 0.29) is 30.9 Å². The maximum absolute atomic E-state index is 15.0. The van der Waals surface area contributed by atoms with Crippen LogP contribution in [0.5, 0.6) is 0 Å². The number of carbonyl (C=O) groups is 3. The SMILES string of the molecule is C=CCN(Cc1ccccc1)C(=O)[C@H]1[C@H]2C(=O)N(CCCCCO)C(C(=O)N(CC=C)c3ccc4ccccc4c3)C23CC[C@]1(C)O3. The van der Waals surface area contributed by atoms with E-state index >= 15 is 0 Å². The van der Waals surface area contributed by atoms with Crippen LogP contribution in [0.25, 0.3) is 10.8 Å². The number of carbonyl (C=O) groups excluding carboxylic acids is 3. The summed E-state index contributed by atoms with van der Waals surface area (Å²) in [5.41, 5.74) is -0.324. The van der Waals surface area contributed by atoms with Crippen LogP contribution in [0.15, 0.2) is 98.1 Å². The zero-order valence-electron chi connectivity index (χ0n) is 27.2. The molecule has 0 saturated carbocycles. The summed E-state index contributed by atoms with van der Waals surface area (Å²) >= 11 is 0. The molecule has 3 aliphatic heterocycles. The molecule has 6 rings (SSSR count). The van der Waals surface area contributed by atoms with Gasteiger partial charge in [0.25, 0.3) is 5.91 Å². The molecule has 3 amide bonds. The first-order valence-corrected chi connectivity index (χ1v) is 16.7. The number of fused-ring (bicyclic) bond motifs is 2. The van der Waals surface area contributed by atoms with E-state index in [1.54, 1.807) is 26.9 Å². The quantitative estimate of drug-likeness (QED) is 0.187. The van der Waals surface area contributed by atoms with E-state index in [9.17, 15) is 19.5 Å². The zero-order valence-corrected chi connectivity index (χ0v) is 27.2. The van der Waals surface area contributed by atoms with Crippen LogP contribution in [0.1, 0.15) is 44.6 Å². The number of anilines is 1. The highest BCUT2D eigenvalue weighted by atomic mass is 16.5. The minimum atomic E-state index is -1.14. The van der Waals surface area contributed by atoms with E-state index in [0.29, 0.717) is 57.4 Å². The fraction of sp³-hybridized carbons (Fsp3) is 0.410. The van der Waals surface area contributed by atoms with E-state index < -0.39 is 29.1 Å². The van der Waals surface area contributed by atoms with Gasteiger partial charge in [-0.1, -0.05) is 72.8 Å². The second-order valence-electron chi connectivity index (χ2n) is 13.3. The molecule has 8 heteroatoms. The molecule has 3 saturated heterocycles. The monoisotopic (exact) mass is 635 g/mol. The van der Waals surface area contributed by atoms with E-state index in [4.69, 9.17) is 4.74 Å². The van der Waals surface area contributed by atoms with Gasteiger partial charge in [0.15, 0.2) is 0 Å². The van der Waals surface area contributed by atoms with Gasteiger partial charge < -0.3 is 24.5 Å². The number of hydrogen-bond acceptors (Lipinski definition) is 5. The van der Waals surface area contributed by atoms with Gasteiger partial charge in [-0.25, -0.2) is 0 Å². The lowest BCUT2D eigenvalue weighted by Crippen LogP contribution is -2.56. The molecule has 2 bridgehead atoms. The number of rotatable bonds is 14. The summed E-state index contributed by atoms with van der Waals surface area (Å²) in [6.45, 7) is 11.2. The third-order valence-electron chi connectivity index (χ3n) is 10.3. The van der Waals surface area contributed by atoms with Crippen molar-refractivity contribution in [3.63, 3.8) is 0 Å². The highest BCUT2D eigenvalue weighted by Gasteiger charge is 2.78. The van der Waals surface area contributed by atoms with Crippen molar-refractivity contribution >= 4 is 34.2 Å². The lowest BCUT2D eigenvalue weighted by atomic mass is 9.66. The first kappa shape index (κ1) is 32.7. The Hall–Kier alpha value is -4.27. The standard InChI is InChI=1S/C39H45N3O5/c1-4-22-40(27-28-14-8-6-9-15-28)35(44)32-33-36(45)42(24-12-7-13-25-43)34(39(33)21-20-38(32,3)47-39)37(46)41(23-5-2)31-19-18-29-16-10-11-17-30(29)26-31/h4-6,8-11,14-19,26,32-34,43H,1-2,7,12-13,20-25,27H2,3H3/t32-,33+,34?,38+,39?/m1/s1. The summed E-state index contributed by atoms with van der Waals surface area (Å²) in [5, 5.41) is 11.5. The van der Waals surface area contributed by atoms with Crippen LogP contribution in [0, 0.1) is 11.8 Å². The Morgan fingerprint density at radius 1 is 0.936 bits per heavy atom. The number of amides is 3. The van der Waals surface area contributed by atoms with Crippen molar-refractivity contribution in [1.82, 2.24) is 9.80 Å². The number of benzene rings is 3. The Morgan fingerprint density at radius 3 is 2.38 bits per heavy atom. The molecule has 246 valence electrons. The first-order chi connectivity index (χ1) is 22.8. The average Bonchev–Trinajstić information content (AvgIpc) is 3.65. The van der Waals surface area contributed by atoms with Crippen LogP contribution < -0.4 is 4.90 Å². The third kappa shape index (κ3) is 5.78. The molecule has 3 heterocycles. The lowest BCUT2D eigenvalue weighted by molar-refractivity contribution is -0.150. The van der Waals surface area contributed by atoms with Crippen molar-refractivity contribution < 1.29 is 24.2 Å². The van der Waals surface area contributed by atoms with Gasteiger partial charge in [-0.05, 0) is 67.5 Å². The number of aliphatic hydroxyl groups is 1. The number of likely N-dealkylation sites (tertiary alicyclic amines) is 1. The predicted octanol–water partition coefficient (Wildman–Crippen LogP) is 5.50. The van der Waals surface area contributed by atoms with Crippen molar-refractivity contribution in [2.24, 2.45) is 11.8 Å². The zero-order chi connectivity index (χ0) is 33.2. The van der Waals surface area contributed by atoms with Gasteiger partial charge in [-0.3, -0.25) is 14.4 Å². The summed E-state index contributed by atoms with van der Waals surface area (Å²) in [5.74, 6) is -2.11. The molecule has 3 aliphatic rings. The summed E-state index contributed by atoms with van der Waals surface area (Å²) in [4.78, 5) is 49.3. The molecule has 3 aromatic carbocycles. The molecule has 5 atom stereocenters. The molecule has 47 heavy (non-hydrogen) atoms. The Balaban J connectivity index is 1.39. The predicted molar refractivity (Wildman–Crippen MR) is 183 cm³/mol. The Morgan fingerprint density at radius 2 is 1.66 bits per heavy atom. The highest BCUT2D eigenvalue weighted by Crippen LogP contribution is 2.63. The van der Waals surface area contributed by atoms with Gasteiger partial charge in [0.05, 0.1) is 17.4 Å². The Kier molecular flexibility index (Phi) is 9.35. The summed E-state index contributed by atoms with van der Waals surface area (Å²) in [6, 6.07) is 22.8. The van der Waals surface area contributed by atoms with Gasteiger partial charge in [-0.2, -0.15) is 0 Å². The molecule has 3 aromatic rings. The van der Waals surface area contributed by atoms with E-state index in [1.807, 2.05) is 79.7 Å². The minimum Gasteiger partial charge on any atom is -0.396 e. The molecule has 0 aromatic heterocycles. The van der Waals surface area contributed by atoms with Gasteiger partial charge in [0.1, 0.15) is 11.6 Å². The summed E-state index contributed by atoms with van der Waals surface area (Å²) in [7, 11) is 0. The number of ether oxygens (including phenoxy) is 1. The molecule has 0 aliphatic carbocycles. The smallest absolute Gasteiger partial charge is 0.253 e. The molecule has 1 spiro atoms. The molecule has 3 fully saturated rings. The number of nitrogens with zero attached hydrogens (tertiary/aromatic N) is 3. The van der Waals surface area contributed by atoms with Crippen molar-refractivity contribution in [3.8, 4) is 0 Å². The second-order valence-corrected chi connectivity index (χ2v) is 13.3. The van der Waals surface area contributed by atoms with Gasteiger partial charge in [-0.15, -0.1) is 13.2 Å². The van der Waals surface area contributed by atoms with Crippen LogP contribution in [0.4, 0.5) is 5.69 Å². The first-order valence-electron chi connectivity index (χ1n) is 16.7. The molecular weight excluding hydrogens is 590 g/mol. The van der Waals surface area contributed by atoms with Crippen molar-refractivity contribution in [2.75, 3.05) is 31.1 Å². The molecule has 1 N–H and O–H groups in total. The fourth-order valence-electron chi connectivity index (χ4n) is 8.23. The maximum Gasteiger partial charge on any atom is 0.253 e. The van der Waals surface area contributed by atoms with E-state index in [0.717, 1.165) is 16.3 Å². The van der Waals surface area contributed by atoms with Gasteiger partial charge in [0.2, 0.25) is 11.8 Å². The van der Waals surface area contributed by atoms with Crippen LogP contribution in [-0.4, -0.2) is 76.1 Å². The number of unbranched alkanes of at least 4 members (excludes halogenated alkanes) is 2. The number of aliphatic hydroxyl groups excluding tert-OH is 1. The van der Waals surface area contributed by atoms with Gasteiger partial charge >= 0.3 is 0 Å². The van der Waals surface area contributed by atoms with Crippen LogP contribution >= 0.6 is 0 Å². The van der Waals surface area contributed by atoms with Gasteiger partial charge in [0, 0.05) is 38.5 Å². The normalized spacial score (nSPS) is 26.0. The fourth-order valence-corrected chi connectivity index (χ4v) is 8.23. The van der Waals surface area contributed by atoms with Crippen LogP contribution in [0.3, 0.4) is 0 Å².